The van der Waals surface area contributed by atoms with Crippen molar-refractivity contribution in [3.8, 4) is 11.1 Å². The molecule has 1 amide bonds. The third-order valence-corrected chi connectivity index (χ3v) is 7.10. The third kappa shape index (κ3) is 4.99. The summed E-state index contributed by atoms with van der Waals surface area (Å²) >= 11 is 0. The molecule has 0 unspecified atom stereocenters. The van der Waals surface area contributed by atoms with Crippen LogP contribution in [0.15, 0.2) is 101 Å². The molecule has 0 fully saturated rings. The number of carbonyl (C=O) groups excluding carboxylic acids is 1. The molecule has 2 heterocycles. The summed E-state index contributed by atoms with van der Waals surface area (Å²) in [6.45, 7) is 0.849. The summed E-state index contributed by atoms with van der Waals surface area (Å²) in [6, 6.07) is 24.6. The number of aliphatic imine (C=N–C) groups is 1. The van der Waals surface area contributed by atoms with E-state index in [0.717, 1.165) is 22.3 Å². The number of nitrogens with one attached hydrogen (secondary N) is 2. The number of carbonyl (C=O) groups is 1. The van der Waals surface area contributed by atoms with Gasteiger partial charge in [0.25, 0.3) is 10.0 Å². The highest BCUT2D eigenvalue weighted by molar-refractivity contribution is 7.90. The van der Waals surface area contributed by atoms with E-state index < -0.39 is 10.0 Å². The van der Waals surface area contributed by atoms with Gasteiger partial charge in [0.2, 0.25) is 5.91 Å². The minimum atomic E-state index is -3.63. The largest absolute Gasteiger partial charge is 0.350 e. The fraction of sp³-hybridized carbons (Fsp3) is 0.115. The van der Waals surface area contributed by atoms with E-state index in [4.69, 9.17) is 0 Å². The first-order valence-electron chi connectivity index (χ1n) is 11.1. The minimum Gasteiger partial charge on any atom is -0.350 e. The predicted octanol–water partition coefficient (Wildman–Crippen LogP) is 2.95. The number of benzene rings is 3. The quantitative estimate of drug-likeness (QED) is 0.420. The summed E-state index contributed by atoms with van der Waals surface area (Å²) in [5.41, 5.74) is 4.67. The van der Waals surface area contributed by atoms with Gasteiger partial charge >= 0.3 is 0 Å². The molecule has 176 valence electrons. The van der Waals surface area contributed by atoms with E-state index in [9.17, 15) is 13.2 Å². The normalized spacial score (nSPS) is 14.9. The van der Waals surface area contributed by atoms with Crippen molar-refractivity contribution in [2.24, 2.45) is 4.99 Å². The molecular weight excluding hydrogens is 462 g/mol. The van der Waals surface area contributed by atoms with Crippen molar-refractivity contribution in [3.63, 3.8) is 0 Å². The number of hydrogen-bond donors (Lipinski definition) is 2. The summed E-state index contributed by atoms with van der Waals surface area (Å²) in [7, 11) is -3.63. The zero-order valence-electron chi connectivity index (χ0n) is 18.8. The summed E-state index contributed by atoms with van der Waals surface area (Å²) in [4.78, 5) is 16.9. The summed E-state index contributed by atoms with van der Waals surface area (Å²) < 4.78 is 28.7. The first-order chi connectivity index (χ1) is 17.0. The minimum absolute atomic E-state index is 0.170. The molecule has 0 saturated heterocycles. The maximum atomic E-state index is 12.5. The van der Waals surface area contributed by atoms with Crippen LogP contribution in [0.25, 0.3) is 11.1 Å². The van der Waals surface area contributed by atoms with Crippen molar-refractivity contribution in [2.45, 2.75) is 18.0 Å². The number of nitrogens with zero attached hydrogens (tertiary/aromatic N) is 3. The van der Waals surface area contributed by atoms with Crippen LogP contribution in [0.3, 0.4) is 0 Å². The van der Waals surface area contributed by atoms with E-state index in [-0.39, 0.29) is 23.2 Å². The molecule has 3 aromatic carbocycles. The Morgan fingerprint density at radius 1 is 0.943 bits per heavy atom. The van der Waals surface area contributed by atoms with Gasteiger partial charge in [0, 0.05) is 24.5 Å². The average Bonchev–Trinajstić information content (AvgIpc) is 3.48. The van der Waals surface area contributed by atoms with E-state index >= 15 is 0 Å². The Labute approximate surface area is 203 Å². The second kappa shape index (κ2) is 9.55. The average molecular weight is 486 g/mol. The Balaban J connectivity index is 1.24. The van der Waals surface area contributed by atoms with E-state index in [2.05, 4.69) is 44.4 Å². The summed E-state index contributed by atoms with van der Waals surface area (Å²) in [6.07, 6.45) is 3.69. The highest BCUT2D eigenvalue weighted by Crippen LogP contribution is 2.25. The molecule has 1 aromatic heterocycles. The number of amidine groups is 1. The lowest BCUT2D eigenvalue weighted by Crippen LogP contribution is -2.28. The molecule has 0 saturated carbocycles. The molecule has 0 bridgehead atoms. The van der Waals surface area contributed by atoms with Gasteiger partial charge in [-0.05, 0) is 40.5 Å². The molecule has 4 aromatic rings. The molecule has 1 aliphatic heterocycles. The van der Waals surface area contributed by atoms with Crippen LogP contribution in [0.5, 0.6) is 0 Å². The van der Waals surface area contributed by atoms with Crippen LogP contribution in [0, 0.1) is 0 Å². The molecule has 1 aliphatic rings. The van der Waals surface area contributed by atoms with Crippen LogP contribution >= 0.6 is 0 Å². The zero-order chi connectivity index (χ0) is 24.3. The van der Waals surface area contributed by atoms with Crippen molar-refractivity contribution in [1.82, 2.24) is 19.8 Å². The van der Waals surface area contributed by atoms with Crippen molar-refractivity contribution in [1.29, 1.82) is 0 Å². The second-order valence-electron chi connectivity index (χ2n) is 8.10. The van der Waals surface area contributed by atoms with Gasteiger partial charge in [-0.2, -0.15) is 5.10 Å². The monoisotopic (exact) mass is 485 g/mol. The molecule has 35 heavy (non-hydrogen) atoms. The van der Waals surface area contributed by atoms with E-state index in [1.165, 1.54) is 6.07 Å². The first-order valence-corrected chi connectivity index (χ1v) is 12.6. The number of rotatable bonds is 7. The Kier molecular flexibility index (Phi) is 6.15. The molecule has 0 atom stereocenters. The van der Waals surface area contributed by atoms with Crippen LogP contribution in [-0.4, -0.2) is 36.5 Å². The fourth-order valence-electron chi connectivity index (χ4n) is 3.98. The zero-order valence-corrected chi connectivity index (χ0v) is 19.6. The molecule has 2 N–H and O–H groups in total. The van der Waals surface area contributed by atoms with Gasteiger partial charge in [-0.15, -0.1) is 0 Å². The fourth-order valence-corrected chi connectivity index (χ4v) is 5.23. The van der Waals surface area contributed by atoms with Crippen molar-refractivity contribution in [2.75, 3.05) is 6.54 Å². The van der Waals surface area contributed by atoms with Crippen molar-refractivity contribution < 1.29 is 13.2 Å². The van der Waals surface area contributed by atoms with Gasteiger partial charge < -0.3 is 5.32 Å². The number of sulfonamides is 1. The van der Waals surface area contributed by atoms with Crippen LogP contribution < -0.4 is 10.0 Å². The first kappa shape index (κ1) is 22.5. The van der Waals surface area contributed by atoms with E-state index in [1.54, 1.807) is 24.4 Å². The molecule has 0 radical (unpaired) electrons. The Morgan fingerprint density at radius 3 is 2.46 bits per heavy atom. The van der Waals surface area contributed by atoms with Crippen LogP contribution in [-0.2, 0) is 27.9 Å². The van der Waals surface area contributed by atoms with E-state index in [1.807, 2.05) is 41.2 Å². The van der Waals surface area contributed by atoms with Crippen LogP contribution in [0.2, 0.25) is 0 Å². The molecule has 9 heteroatoms. The molecule has 0 spiro atoms. The standard InChI is InChI=1S/C26H23N5O3S/c32-25(17-28-26-23-8-3-4-9-24(23)35(33,34)30-26)27-16-21-6-1-2-7-22(21)20-12-10-19(11-13-20)18-31-15-5-14-29-31/h1-15H,16-18H2,(H,27,32)(H,28,30). The van der Waals surface area contributed by atoms with Gasteiger partial charge in [0.05, 0.1) is 11.4 Å². The number of aromatic nitrogens is 2. The third-order valence-electron chi connectivity index (χ3n) is 5.71. The molecule has 0 aliphatic carbocycles. The lowest BCUT2D eigenvalue weighted by molar-refractivity contribution is -0.119. The number of amides is 1. The lowest BCUT2D eigenvalue weighted by Gasteiger charge is -2.11. The number of hydrogen-bond acceptors (Lipinski definition) is 5. The van der Waals surface area contributed by atoms with Gasteiger partial charge in [0.1, 0.15) is 12.4 Å². The van der Waals surface area contributed by atoms with Gasteiger partial charge in [-0.25, -0.2) is 8.42 Å². The Morgan fingerprint density at radius 2 is 1.69 bits per heavy atom. The molecule has 8 nitrogen and oxygen atoms in total. The Hall–Kier alpha value is -4.24. The lowest BCUT2D eigenvalue weighted by atomic mass is 9.98. The van der Waals surface area contributed by atoms with Crippen LogP contribution in [0.4, 0.5) is 0 Å². The summed E-state index contributed by atoms with van der Waals surface area (Å²) in [5.74, 6) is -0.114. The van der Waals surface area contributed by atoms with Crippen molar-refractivity contribution in [3.05, 3.63) is 108 Å². The Bertz CT molecular complexity index is 1490. The van der Waals surface area contributed by atoms with Gasteiger partial charge in [-0.3, -0.25) is 19.2 Å². The molecular formula is C26H23N5O3S. The highest BCUT2D eigenvalue weighted by Gasteiger charge is 2.30. The van der Waals surface area contributed by atoms with Gasteiger partial charge in [0.15, 0.2) is 0 Å². The topological polar surface area (TPSA) is 105 Å². The highest BCUT2D eigenvalue weighted by atomic mass is 32.2. The van der Waals surface area contributed by atoms with E-state index in [0.29, 0.717) is 18.7 Å². The number of fused-ring (bicyclic) bond motifs is 1. The SMILES string of the molecule is O=C(CN=C1NS(=O)(=O)c2ccccc21)NCc1ccccc1-c1ccc(Cn2cccn2)cc1. The maximum Gasteiger partial charge on any atom is 0.263 e. The predicted molar refractivity (Wildman–Crippen MR) is 133 cm³/mol. The van der Waals surface area contributed by atoms with Gasteiger partial charge in [-0.1, -0.05) is 60.7 Å². The van der Waals surface area contributed by atoms with Crippen LogP contribution in [0.1, 0.15) is 16.7 Å². The van der Waals surface area contributed by atoms with Crippen molar-refractivity contribution >= 4 is 21.8 Å². The smallest absolute Gasteiger partial charge is 0.263 e. The molecule has 5 rings (SSSR count). The summed E-state index contributed by atoms with van der Waals surface area (Å²) in [5, 5.41) is 7.12. The second-order valence-corrected chi connectivity index (χ2v) is 9.75. The maximum absolute atomic E-state index is 12.5.